The second kappa shape index (κ2) is 4.57. The van der Waals surface area contributed by atoms with E-state index in [1.807, 2.05) is 0 Å². The molecule has 0 unspecified atom stereocenters. The Kier molecular flexibility index (Phi) is 3.29. The van der Waals surface area contributed by atoms with Gasteiger partial charge in [-0.2, -0.15) is 4.98 Å². The molecule has 9 heteroatoms. The average Bonchev–Trinajstić information content (AvgIpc) is 2.61. The number of aromatic nitrogens is 4. The van der Waals surface area contributed by atoms with Crippen molar-refractivity contribution in [2.75, 3.05) is 11.4 Å². The molecule has 0 saturated carbocycles. The number of hydrogen-bond donors (Lipinski definition) is 1. The Morgan fingerprint density at radius 2 is 2.24 bits per heavy atom. The molecule has 1 amide bonds. The topological polar surface area (TPSA) is 83.6 Å². The molecule has 2 heterocycles. The third-order valence-corrected chi connectivity index (χ3v) is 2.94. The van der Waals surface area contributed by atoms with Gasteiger partial charge in [0.1, 0.15) is 4.60 Å². The molecule has 0 aliphatic rings. The van der Waals surface area contributed by atoms with Crippen molar-refractivity contribution < 1.29 is 9.90 Å². The predicted octanol–water partition coefficient (Wildman–Crippen LogP) is 2.15. The molecule has 0 saturated heterocycles. The van der Waals surface area contributed by atoms with Crippen LogP contribution >= 0.6 is 31.9 Å². The SMILES string of the molecule is CCN(C(=O)O)c1nc2c(Br)nc(Br)cn2n1. The lowest BCUT2D eigenvalue weighted by Gasteiger charge is -2.10. The summed E-state index contributed by atoms with van der Waals surface area (Å²) in [7, 11) is 0. The number of anilines is 1. The van der Waals surface area contributed by atoms with Gasteiger partial charge in [0, 0.05) is 6.54 Å². The van der Waals surface area contributed by atoms with Crippen LogP contribution in [0.3, 0.4) is 0 Å². The van der Waals surface area contributed by atoms with Gasteiger partial charge in [0.15, 0.2) is 10.3 Å². The van der Waals surface area contributed by atoms with Crippen molar-refractivity contribution in [1.29, 1.82) is 0 Å². The van der Waals surface area contributed by atoms with Gasteiger partial charge in [-0.3, -0.25) is 0 Å². The number of amides is 1. The summed E-state index contributed by atoms with van der Waals surface area (Å²) in [6, 6.07) is 0. The highest BCUT2D eigenvalue weighted by molar-refractivity contribution is 9.11. The van der Waals surface area contributed by atoms with E-state index in [-0.39, 0.29) is 12.5 Å². The Bertz CT molecular complexity index is 585. The minimum atomic E-state index is -1.09. The van der Waals surface area contributed by atoms with Crippen LogP contribution in [0.4, 0.5) is 10.7 Å². The summed E-state index contributed by atoms with van der Waals surface area (Å²) < 4.78 is 2.53. The van der Waals surface area contributed by atoms with Crippen LogP contribution in [0.5, 0.6) is 0 Å². The first-order valence-corrected chi connectivity index (χ1v) is 6.20. The third kappa shape index (κ3) is 2.25. The summed E-state index contributed by atoms with van der Waals surface area (Å²) in [4.78, 5) is 20.2. The van der Waals surface area contributed by atoms with Gasteiger partial charge in [-0.05, 0) is 38.8 Å². The fraction of sp³-hybridized carbons (Fsp3) is 0.250. The first-order chi connectivity index (χ1) is 8.02. The zero-order valence-electron chi connectivity index (χ0n) is 8.63. The highest BCUT2D eigenvalue weighted by Crippen LogP contribution is 2.20. The Morgan fingerprint density at radius 1 is 1.53 bits per heavy atom. The van der Waals surface area contributed by atoms with E-state index >= 15 is 0 Å². The van der Waals surface area contributed by atoms with Crippen molar-refractivity contribution in [2.45, 2.75) is 6.92 Å². The normalized spacial score (nSPS) is 10.8. The van der Waals surface area contributed by atoms with Crippen LogP contribution in [-0.4, -0.2) is 37.3 Å². The van der Waals surface area contributed by atoms with Crippen LogP contribution in [-0.2, 0) is 0 Å². The van der Waals surface area contributed by atoms with Gasteiger partial charge in [0.05, 0.1) is 6.20 Å². The van der Waals surface area contributed by atoms with Crippen LogP contribution in [0.25, 0.3) is 5.65 Å². The largest absolute Gasteiger partial charge is 0.465 e. The standard InChI is InChI=1S/C8H7Br2N5O2/c1-2-14(8(16)17)7-12-6-5(10)11-4(9)3-15(6)13-7/h3H,2H2,1H3,(H,16,17). The number of carbonyl (C=O) groups is 1. The van der Waals surface area contributed by atoms with Crippen molar-refractivity contribution in [1.82, 2.24) is 19.6 Å². The van der Waals surface area contributed by atoms with Crippen molar-refractivity contribution in [3.63, 3.8) is 0 Å². The molecular formula is C8H7Br2N5O2. The van der Waals surface area contributed by atoms with Crippen LogP contribution in [0.15, 0.2) is 15.4 Å². The monoisotopic (exact) mass is 363 g/mol. The van der Waals surface area contributed by atoms with Gasteiger partial charge in [0.25, 0.3) is 5.95 Å². The smallest absolute Gasteiger partial charge is 0.414 e. The highest BCUT2D eigenvalue weighted by Gasteiger charge is 2.18. The molecule has 2 aromatic heterocycles. The summed E-state index contributed by atoms with van der Waals surface area (Å²) in [5.41, 5.74) is 0.461. The lowest BCUT2D eigenvalue weighted by atomic mass is 10.6. The molecule has 0 aliphatic heterocycles. The Balaban J connectivity index is 2.58. The quantitative estimate of drug-likeness (QED) is 0.882. The first-order valence-electron chi connectivity index (χ1n) is 4.61. The van der Waals surface area contributed by atoms with E-state index in [0.717, 1.165) is 4.90 Å². The molecule has 0 fully saturated rings. The molecule has 1 N–H and O–H groups in total. The number of carboxylic acid groups (broad SMARTS) is 1. The van der Waals surface area contributed by atoms with E-state index in [0.29, 0.717) is 14.9 Å². The number of fused-ring (bicyclic) bond motifs is 1. The van der Waals surface area contributed by atoms with E-state index in [1.165, 1.54) is 4.52 Å². The zero-order chi connectivity index (χ0) is 12.6. The fourth-order valence-electron chi connectivity index (χ4n) is 1.29. The lowest BCUT2D eigenvalue weighted by molar-refractivity contribution is 0.202. The van der Waals surface area contributed by atoms with Crippen molar-refractivity contribution in [2.24, 2.45) is 0 Å². The summed E-state index contributed by atoms with van der Waals surface area (Å²) in [5, 5.41) is 13.1. The average molecular weight is 365 g/mol. The second-order valence-corrected chi connectivity index (χ2v) is 4.62. The first kappa shape index (κ1) is 12.2. The van der Waals surface area contributed by atoms with E-state index < -0.39 is 6.09 Å². The van der Waals surface area contributed by atoms with Crippen LogP contribution in [0.1, 0.15) is 6.92 Å². The van der Waals surface area contributed by atoms with Crippen LogP contribution < -0.4 is 4.90 Å². The van der Waals surface area contributed by atoms with Crippen molar-refractivity contribution in [3.8, 4) is 0 Å². The molecule has 2 aromatic rings. The highest BCUT2D eigenvalue weighted by atomic mass is 79.9. The molecule has 0 bridgehead atoms. The molecule has 17 heavy (non-hydrogen) atoms. The molecular weight excluding hydrogens is 358 g/mol. The zero-order valence-corrected chi connectivity index (χ0v) is 11.8. The molecule has 0 radical (unpaired) electrons. The molecule has 0 atom stereocenters. The van der Waals surface area contributed by atoms with Crippen LogP contribution in [0.2, 0.25) is 0 Å². The maximum Gasteiger partial charge on any atom is 0.414 e. The van der Waals surface area contributed by atoms with Gasteiger partial charge in [0.2, 0.25) is 0 Å². The van der Waals surface area contributed by atoms with E-state index in [9.17, 15) is 4.79 Å². The maximum atomic E-state index is 11.0. The minimum absolute atomic E-state index is 0.126. The van der Waals surface area contributed by atoms with Gasteiger partial charge >= 0.3 is 6.09 Å². The Hall–Kier alpha value is -1.22. The summed E-state index contributed by atoms with van der Waals surface area (Å²) in [6.07, 6.45) is 0.512. The molecule has 90 valence electrons. The molecule has 0 spiro atoms. The number of nitrogens with zero attached hydrogens (tertiary/aromatic N) is 5. The van der Waals surface area contributed by atoms with E-state index in [4.69, 9.17) is 5.11 Å². The number of rotatable bonds is 2. The lowest BCUT2D eigenvalue weighted by Crippen LogP contribution is -2.29. The Morgan fingerprint density at radius 3 is 2.82 bits per heavy atom. The Labute approximate surface area is 113 Å². The summed E-state index contributed by atoms with van der Waals surface area (Å²) >= 11 is 6.45. The number of halogens is 2. The van der Waals surface area contributed by atoms with E-state index in [2.05, 4.69) is 46.9 Å². The molecule has 7 nitrogen and oxygen atoms in total. The van der Waals surface area contributed by atoms with Gasteiger partial charge in [-0.1, -0.05) is 0 Å². The molecule has 0 aliphatic carbocycles. The second-order valence-electron chi connectivity index (χ2n) is 3.06. The fourth-order valence-corrected chi connectivity index (χ4v) is 2.36. The van der Waals surface area contributed by atoms with Crippen LogP contribution in [0, 0.1) is 0 Å². The minimum Gasteiger partial charge on any atom is -0.465 e. The third-order valence-electron chi connectivity index (χ3n) is 2.03. The molecule has 0 aromatic carbocycles. The number of hydrogen-bond acceptors (Lipinski definition) is 4. The van der Waals surface area contributed by atoms with Gasteiger partial charge < -0.3 is 5.11 Å². The van der Waals surface area contributed by atoms with Gasteiger partial charge in [-0.15, -0.1) is 5.10 Å². The molecule has 2 rings (SSSR count). The van der Waals surface area contributed by atoms with Gasteiger partial charge in [-0.25, -0.2) is 19.2 Å². The van der Waals surface area contributed by atoms with E-state index in [1.54, 1.807) is 13.1 Å². The predicted molar refractivity (Wildman–Crippen MR) is 67.2 cm³/mol. The maximum absolute atomic E-state index is 11.0. The summed E-state index contributed by atoms with van der Waals surface area (Å²) in [6.45, 7) is 1.99. The van der Waals surface area contributed by atoms with Crippen molar-refractivity contribution in [3.05, 3.63) is 15.4 Å². The van der Waals surface area contributed by atoms with Crippen molar-refractivity contribution >= 4 is 49.5 Å². The summed E-state index contributed by atoms with van der Waals surface area (Å²) in [5.74, 6) is 0.126.